The van der Waals surface area contributed by atoms with Gasteiger partial charge in [0.2, 0.25) is 5.95 Å². The van der Waals surface area contributed by atoms with Crippen LogP contribution in [0.2, 0.25) is 0 Å². The van der Waals surface area contributed by atoms with E-state index < -0.39 is 10.8 Å². The van der Waals surface area contributed by atoms with Crippen LogP contribution in [-0.4, -0.2) is 61.5 Å². The summed E-state index contributed by atoms with van der Waals surface area (Å²) in [7, 11) is -1.25. The van der Waals surface area contributed by atoms with E-state index in [4.69, 9.17) is 0 Å². The first-order chi connectivity index (χ1) is 17.0. The summed E-state index contributed by atoms with van der Waals surface area (Å²) < 4.78 is 28.4. The Morgan fingerprint density at radius 2 is 1.94 bits per heavy atom. The summed E-state index contributed by atoms with van der Waals surface area (Å²) in [6, 6.07) is 12.3. The first-order valence-electron chi connectivity index (χ1n) is 11.6. The number of fused-ring (bicyclic) bond motifs is 2. The fourth-order valence-electron chi connectivity index (χ4n) is 5.20. The Hall–Kier alpha value is -3.43. The minimum absolute atomic E-state index is 0.00848. The molecule has 2 aromatic carbocycles. The summed E-state index contributed by atoms with van der Waals surface area (Å²) in [6.07, 6.45) is 7.61. The molecule has 35 heavy (non-hydrogen) atoms. The Bertz CT molecular complexity index is 1460. The van der Waals surface area contributed by atoms with Crippen LogP contribution in [0.1, 0.15) is 16.8 Å². The number of likely N-dealkylation sites (tertiary alicyclic amines) is 1. The van der Waals surface area contributed by atoms with E-state index in [9.17, 15) is 13.4 Å². The molecule has 6 rings (SSSR count). The first kappa shape index (κ1) is 22.1. The number of amides is 1. The molecule has 2 saturated heterocycles. The summed E-state index contributed by atoms with van der Waals surface area (Å²) in [5, 5.41) is 4.26. The summed E-state index contributed by atoms with van der Waals surface area (Å²) in [5.41, 5.74) is 2.27. The lowest BCUT2D eigenvalue weighted by Crippen LogP contribution is -2.33. The molecule has 4 heterocycles. The molecule has 2 fully saturated rings. The molecule has 7 nitrogen and oxygen atoms in total. The molecule has 1 unspecified atom stereocenters. The van der Waals surface area contributed by atoms with Gasteiger partial charge in [0, 0.05) is 66.1 Å². The lowest BCUT2D eigenvalue weighted by molar-refractivity contribution is 0.0782. The van der Waals surface area contributed by atoms with Crippen LogP contribution in [0.4, 0.5) is 4.39 Å². The Labute approximate surface area is 204 Å². The average Bonchev–Trinajstić information content (AvgIpc) is 3.57. The predicted octanol–water partition coefficient (Wildman–Crippen LogP) is 3.40. The Balaban J connectivity index is 1.38. The van der Waals surface area contributed by atoms with E-state index in [1.54, 1.807) is 53.7 Å². The molecular weight excluding hydrogens is 465 g/mol. The van der Waals surface area contributed by atoms with E-state index in [1.807, 2.05) is 17.0 Å². The van der Waals surface area contributed by atoms with E-state index in [2.05, 4.69) is 15.3 Å². The highest BCUT2D eigenvalue weighted by molar-refractivity contribution is 7.84. The van der Waals surface area contributed by atoms with Crippen molar-refractivity contribution in [2.75, 3.05) is 25.9 Å². The SMILES string of the molecule is CS(=O)c1cn(-c2ncc(-c3ccccc3F)cn2)c2cc(C(=O)N3C[C@@H]4CCN[C@@H]4C3)ccc12. The number of carbonyl (C=O) groups excluding carboxylic acids is 1. The van der Waals surface area contributed by atoms with E-state index in [0.29, 0.717) is 51.6 Å². The third kappa shape index (κ3) is 3.84. The number of nitrogens with zero attached hydrogens (tertiary/aromatic N) is 4. The molecule has 1 amide bonds. The van der Waals surface area contributed by atoms with Crippen molar-refractivity contribution in [3.63, 3.8) is 0 Å². The number of rotatable bonds is 4. The maximum absolute atomic E-state index is 14.2. The molecule has 1 N–H and O–H groups in total. The van der Waals surface area contributed by atoms with Crippen molar-refractivity contribution in [1.82, 2.24) is 24.8 Å². The largest absolute Gasteiger partial charge is 0.337 e. The smallest absolute Gasteiger partial charge is 0.253 e. The maximum atomic E-state index is 14.2. The normalized spacial score (nSPS) is 20.3. The number of hydrogen-bond donors (Lipinski definition) is 1. The highest BCUT2D eigenvalue weighted by Gasteiger charge is 2.38. The molecule has 2 aliphatic heterocycles. The third-order valence-electron chi connectivity index (χ3n) is 7.01. The van der Waals surface area contributed by atoms with Crippen molar-refractivity contribution < 1.29 is 13.4 Å². The number of halogens is 1. The number of benzene rings is 2. The first-order valence-corrected chi connectivity index (χ1v) is 13.1. The van der Waals surface area contributed by atoms with Crippen molar-refractivity contribution >= 4 is 27.6 Å². The molecule has 3 atom stereocenters. The standard InChI is InChI=1S/C26H24FN5O2S/c1-35(34)24-15-32(26-29-11-18(12-30-26)19-4-2-3-5-21(19)27)23-10-16(6-7-20(23)24)25(33)31-13-17-8-9-28-22(17)14-31/h2-7,10-12,15,17,22,28H,8-9,13-14H2,1H3/t17-,22+,35?/m0/s1. The van der Waals surface area contributed by atoms with Crippen molar-refractivity contribution in [1.29, 1.82) is 0 Å². The minimum Gasteiger partial charge on any atom is -0.337 e. The van der Waals surface area contributed by atoms with Gasteiger partial charge in [-0.1, -0.05) is 24.3 Å². The van der Waals surface area contributed by atoms with Crippen molar-refractivity contribution in [3.05, 3.63) is 72.4 Å². The van der Waals surface area contributed by atoms with Gasteiger partial charge < -0.3 is 10.2 Å². The van der Waals surface area contributed by atoms with Gasteiger partial charge in [-0.3, -0.25) is 13.6 Å². The van der Waals surface area contributed by atoms with Crippen molar-refractivity contribution in [2.45, 2.75) is 17.4 Å². The van der Waals surface area contributed by atoms with Crippen LogP contribution in [-0.2, 0) is 10.8 Å². The van der Waals surface area contributed by atoms with Crippen LogP contribution in [0.3, 0.4) is 0 Å². The van der Waals surface area contributed by atoms with Gasteiger partial charge in [0.25, 0.3) is 5.91 Å². The van der Waals surface area contributed by atoms with Crippen molar-refractivity contribution in [3.8, 4) is 17.1 Å². The molecule has 0 spiro atoms. The van der Waals surface area contributed by atoms with Gasteiger partial charge in [0.1, 0.15) is 5.82 Å². The van der Waals surface area contributed by atoms with Crippen molar-refractivity contribution in [2.24, 2.45) is 5.92 Å². The quantitative estimate of drug-likeness (QED) is 0.475. The summed E-state index contributed by atoms with van der Waals surface area (Å²) in [5.74, 6) is 0.521. The number of carbonyl (C=O) groups is 1. The van der Waals surface area contributed by atoms with Gasteiger partial charge in [-0.25, -0.2) is 14.4 Å². The minimum atomic E-state index is -1.25. The number of aromatic nitrogens is 3. The second-order valence-electron chi connectivity index (χ2n) is 9.12. The van der Waals surface area contributed by atoms with E-state index in [1.165, 1.54) is 6.07 Å². The molecule has 0 aliphatic carbocycles. The van der Waals surface area contributed by atoms with Crippen LogP contribution in [0, 0.1) is 11.7 Å². The lowest BCUT2D eigenvalue weighted by atomic mass is 10.1. The summed E-state index contributed by atoms with van der Waals surface area (Å²) in [6.45, 7) is 2.50. The molecule has 0 saturated carbocycles. The van der Waals surface area contributed by atoms with E-state index >= 15 is 0 Å². The molecule has 2 aromatic heterocycles. The molecule has 2 aliphatic rings. The zero-order chi connectivity index (χ0) is 24.1. The van der Waals surface area contributed by atoms with Crippen LogP contribution in [0.15, 0.2) is 66.0 Å². The molecule has 178 valence electrons. The maximum Gasteiger partial charge on any atom is 0.253 e. The van der Waals surface area contributed by atoms with E-state index in [0.717, 1.165) is 24.9 Å². The predicted molar refractivity (Wildman–Crippen MR) is 132 cm³/mol. The van der Waals surface area contributed by atoms with Gasteiger partial charge in [0.15, 0.2) is 0 Å². The number of hydrogen-bond acceptors (Lipinski definition) is 5. The van der Waals surface area contributed by atoms with Crippen LogP contribution in [0.5, 0.6) is 0 Å². The fourth-order valence-corrected chi connectivity index (χ4v) is 5.94. The molecule has 0 radical (unpaired) electrons. The van der Waals surface area contributed by atoms with Gasteiger partial charge in [-0.2, -0.15) is 0 Å². The monoisotopic (exact) mass is 489 g/mol. The topological polar surface area (TPSA) is 80.1 Å². The summed E-state index contributed by atoms with van der Waals surface area (Å²) >= 11 is 0. The van der Waals surface area contributed by atoms with Gasteiger partial charge >= 0.3 is 0 Å². The van der Waals surface area contributed by atoms with E-state index in [-0.39, 0.29) is 11.7 Å². The Morgan fingerprint density at radius 1 is 1.14 bits per heavy atom. The second-order valence-corrected chi connectivity index (χ2v) is 10.5. The Morgan fingerprint density at radius 3 is 2.69 bits per heavy atom. The molecule has 4 aromatic rings. The summed E-state index contributed by atoms with van der Waals surface area (Å²) in [4.78, 5) is 24.8. The highest BCUT2D eigenvalue weighted by Crippen LogP contribution is 2.30. The zero-order valence-corrected chi connectivity index (χ0v) is 20.0. The number of nitrogens with one attached hydrogen (secondary N) is 1. The van der Waals surface area contributed by atoms with Gasteiger partial charge in [-0.05, 0) is 37.1 Å². The lowest BCUT2D eigenvalue weighted by Gasteiger charge is -2.17. The Kier molecular flexibility index (Phi) is 5.46. The molecule has 0 bridgehead atoms. The average molecular weight is 490 g/mol. The van der Waals surface area contributed by atoms with Gasteiger partial charge in [-0.15, -0.1) is 0 Å². The van der Waals surface area contributed by atoms with Crippen LogP contribution < -0.4 is 5.32 Å². The fraction of sp³-hybridized carbons (Fsp3) is 0.269. The second kappa shape index (κ2) is 8.66. The highest BCUT2D eigenvalue weighted by atomic mass is 32.2. The zero-order valence-electron chi connectivity index (χ0n) is 19.1. The third-order valence-corrected chi connectivity index (χ3v) is 7.96. The molecular formula is C26H24FN5O2S. The van der Waals surface area contributed by atoms with Gasteiger partial charge in [0.05, 0.1) is 21.2 Å². The van der Waals surface area contributed by atoms with Crippen LogP contribution in [0.25, 0.3) is 28.0 Å². The molecule has 9 heteroatoms. The van der Waals surface area contributed by atoms with Crippen LogP contribution >= 0.6 is 0 Å².